The number of nitrogens with zero attached hydrogens (tertiary/aromatic N) is 1. The predicted molar refractivity (Wildman–Crippen MR) is 62.3 cm³/mol. The Kier molecular flexibility index (Phi) is 3.11. The molecule has 2 amide bonds. The molecule has 0 atom stereocenters. The van der Waals surface area contributed by atoms with Gasteiger partial charge in [0.05, 0.1) is 5.75 Å². The van der Waals surface area contributed by atoms with Gasteiger partial charge in [-0.25, -0.2) is 0 Å². The van der Waals surface area contributed by atoms with Crippen molar-refractivity contribution in [3.63, 3.8) is 0 Å². The number of imide groups is 1. The van der Waals surface area contributed by atoms with E-state index >= 15 is 0 Å². The van der Waals surface area contributed by atoms with Gasteiger partial charge in [0, 0.05) is 11.4 Å². The zero-order valence-electron chi connectivity index (χ0n) is 8.36. The van der Waals surface area contributed by atoms with Crippen molar-refractivity contribution in [1.29, 1.82) is 0 Å². The quantitative estimate of drug-likeness (QED) is 0.815. The van der Waals surface area contributed by atoms with E-state index in [9.17, 15) is 9.59 Å². The lowest BCUT2D eigenvalue weighted by Gasteiger charge is -2.11. The van der Waals surface area contributed by atoms with Gasteiger partial charge in [-0.1, -0.05) is 11.8 Å². The average Bonchev–Trinajstić information content (AvgIpc) is 2.73. The van der Waals surface area contributed by atoms with Crippen molar-refractivity contribution in [2.24, 2.45) is 0 Å². The molecule has 1 fully saturated rings. The van der Waals surface area contributed by atoms with E-state index in [0.717, 1.165) is 18.2 Å². The maximum absolute atomic E-state index is 11.3. The number of thiophene rings is 1. The zero-order valence-corrected chi connectivity index (χ0v) is 9.99. The van der Waals surface area contributed by atoms with Crippen LogP contribution in [-0.2, 0) is 11.2 Å². The van der Waals surface area contributed by atoms with Gasteiger partial charge in [-0.2, -0.15) is 0 Å². The van der Waals surface area contributed by atoms with Crippen LogP contribution >= 0.6 is 23.1 Å². The minimum Gasteiger partial charge on any atom is -0.273 e. The van der Waals surface area contributed by atoms with E-state index in [0.29, 0.717) is 12.3 Å². The molecule has 0 bridgehead atoms. The predicted octanol–water partition coefficient (Wildman–Crippen LogP) is 2.29. The first kappa shape index (κ1) is 10.7. The molecule has 5 heteroatoms. The lowest BCUT2D eigenvalue weighted by molar-refractivity contribution is -0.124. The summed E-state index contributed by atoms with van der Waals surface area (Å²) in [5, 5.41) is 1.93. The molecule has 0 aliphatic carbocycles. The Bertz CT molecular complexity index is 384. The van der Waals surface area contributed by atoms with Crippen LogP contribution in [0.4, 0.5) is 4.79 Å². The molecule has 1 aromatic heterocycles. The Morgan fingerprint density at radius 3 is 2.80 bits per heavy atom. The van der Waals surface area contributed by atoms with Crippen LogP contribution in [0.15, 0.2) is 11.4 Å². The topological polar surface area (TPSA) is 37.4 Å². The summed E-state index contributed by atoms with van der Waals surface area (Å²) in [7, 11) is 0. The maximum atomic E-state index is 11.3. The first-order valence-electron chi connectivity index (χ1n) is 4.68. The highest BCUT2D eigenvalue weighted by Gasteiger charge is 2.29. The second-order valence-corrected chi connectivity index (χ2v) is 5.40. The number of rotatable bonds is 3. The van der Waals surface area contributed by atoms with Crippen molar-refractivity contribution < 1.29 is 9.59 Å². The molecule has 1 aromatic rings. The summed E-state index contributed by atoms with van der Waals surface area (Å²) in [5.41, 5.74) is 1.23. The Morgan fingerprint density at radius 2 is 2.27 bits per heavy atom. The first-order valence-corrected chi connectivity index (χ1v) is 6.55. The fourth-order valence-electron chi connectivity index (χ4n) is 1.50. The highest BCUT2D eigenvalue weighted by molar-refractivity contribution is 8.14. The molecule has 1 saturated heterocycles. The molecule has 0 unspecified atom stereocenters. The van der Waals surface area contributed by atoms with Gasteiger partial charge < -0.3 is 0 Å². The molecule has 1 aliphatic rings. The summed E-state index contributed by atoms with van der Waals surface area (Å²) in [5.74, 6) is 0.249. The number of carbonyl (C=O) groups is 2. The van der Waals surface area contributed by atoms with E-state index < -0.39 is 0 Å². The van der Waals surface area contributed by atoms with Gasteiger partial charge >= 0.3 is 0 Å². The monoisotopic (exact) mass is 241 g/mol. The van der Waals surface area contributed by atoms with Crippen molar-refractivity contribution in [3.8, 4) is 0 Å². The lowest BCUT2D eigenvalue weighted by Crippen LogP contribution is -2.30. The zero-order chi connectivity index (χ0) is 10.8. The molecule has 0 radical (unpaired) electrons. The van der Waals surface area contributed by atoms with Crippen LogP contribution in [0.5, 0.6) is 0 Å². The molecule has 0 N–H and O–H groups in total. The minimum absolute atomic E-state index is 0.0575. The summed E-state index contributed by atoms with van der Waals surface area (Å²) >= 11 is 2.79. The molecule has 3 nitrogen and oxygen atoms in total. The lowest BCUT2D eigenvalue weighted by atomic mass is 10.2. The van der Waals surface area contributed by atoms with Gasteiger partial charge in [-0.15, -0.1) is 11.3 Å². The molecule has 0 saturated carbocycles. The van der Waals surface area contributed by atoms with Crippen LogP contribution < -0.4 is 0 Å². The van der Waals surface area contributed by atoms with Gasteiger partial charge in [-0.3, -0.25) is 14.5 Å². The number of carbonyl (C=O) groups excluding carboxylic acids is 2. The van der Waals surface area contributed by atoms with Crippen LogP contribution in [0.3, 0.4) is 0 Å². The summed E-state index contributed by atoms with van der Waals surface area (Å²) in [6.45, 7) is 2.57. The van der Waals surface area contributed by atoms with Gasteiger partial charge in [0.25, 0.3) is 5.24 Å². The standard InChI is InChI=1S/C10H11NO2S2/c1-7-8(3-5-14-7)2-4-11-9(12)6-15-10(11)13/h3,5H,2,4,6H2,1H3. The van der Waals surface area contributed by atoms with Crippen molar-refractivity contribution in [3.05, 3.63) is 21.9 Å². The normalized spacial score (nSPS) is 16.5. The summed E-state index contributed by atoms with van der Waals surface area (Å²) in [6.07, 6.45) is 0.771. The highest BCUT2D eigenvalue weighted by atomic mass is 32.2. The number of aryl methyl sites for hydroxylation is 1. The minimum atomic E-state index is -0.104. The van der Waals surface area contributed by atoms with Crippen molar-refractivity contribution in [2.75, 3.05) is 12.3 Å². The molecule has 2 heterocycles. The van der Waals surface area contributed by atoms with Gasteiger partial charge in [-0.05, 0) is 30.4 Å². The van der Waals surface area contributed by atoms with Crippen LogP contribution in [0, 0.1) is 6.92 Å². The van der Waals surface area contributed by atoms with Gasteiger partial charge in [0.15, 0.2) is 0 Å². The maximum Gasteiger partial charge on any atom is 0.288 e. The largest absolute Gasteiger partial charge is 0.288 e. The van der Waals surface area contributed by atoms with E-state index in [2.05, 4.69) is 13.0 Å². The van der Waals surface area contributed by atoms with E-state index in [1.807, 2.05) is 5.38 Å². The SMILES string of the molecule is Cc1sccc1CCN1C(=O)CSC1=O. The van der Waals surface area contributed by atoms with E-state index in [1.165, 1.54) is 15.3 Å². The molecule has 2 rings (SSSR count). The van der Waals surface area contributed by atoms with Gasteiger partial charge in [0.2, 0.25) is 5.91 Å². The average molecular weight is 241 g/mol. The summed E-state index contributed by atoms with van der Waals surface area (Å²) in [6, 6.07) is 2.05. The summed E-state index contributed by atoms with van der Waals surface area (Å²) < 4.78 is 0. The van der Waals surface area contributed by atoms with E-state index in [4.69, 9.17) is 0 Å². The molecule has 1 aliphatic heterocycles. The number of amides is 2. The summed E-state index contributed by atoms with van der Waals surface area (Å²) in [4.78, 5) is 25.2. The highest BCUT2D eigenvalue weighted by Crippen LogP contribution is 2.21. The van der Waals surface area contributed by atoms with Crippen LogP contribution in [0.2, 0.25) is 0 Å². The fourth-order valence-corrected chi connectivity index (χ4v) is 3.01. The Hall–Kier alpha value is -0.810. The number of thioether (sulfide) groups is 1. The van der Waals surface area contributed by atoms with Crippen molar-refractivity contribution in [2.45, 2.75) is 13.3 Å². The van der Waals surface area contributed by atoms with E-state index in [-0.39, 0.29) is 11.1 Å². The molecule has 0 spiro atoms. The Balaban J connectivity index is 1.96. The Morgan fingerprint density at radius 1 is 1.47 bits per heavy atom. The number of hydrogen-bond donors (Lipinski definition) is 0. The molecular formula is C10H11NO2S2. The molecule has 15 heavy (non-hydrogen) atoms. The van der Waals surface area contributed by atoms with Crippen LogP contribution in [0.25, 0.3) is 0 Å². The van der Waals surface area contributed by atoms with Crippen LogP contribution in [0.1, 0.15) is 10.4 Å². The van der Waals surface area contributed by atoms with Crippen molar-refractivity contribution >= 4 is 34.2 Å². The second-order valence-electron chi connectivity index (χ2n) is 3.35. The molecular weight excluding hydrogens is 230 g/mol. The molecule has 80 valence electrons. The fraction of sp³-hybridized carbons (Fsp3) is 0.400. The second kappa shape index (κ2) is 4.37. The van der Waals surface area contributed by atoms with Crippen LogP contribution in [-0.4, -0.2) is 28.3 Å². The van der Waals surface area contributed by atoms with E-state index in [1.54, 1.807) is 11.3 Å². The Labute approximate surface area is 96.5 Å². The number of hydrogen-bond acceptors (Lipinski definition) is 4. The third-order valence-electron chi connectivity index (χ3n) is 2.41. The third kappa shape index (κ3) is 2.23. The van der Waals surface area contributed by atoms with Gasteiger partial charge in [0.1, 0.15) is 0 Å². The first-order chi connectivity index (χ1) is 7.18. The molecule has 0 aromatic carbocycles. The smallest absolute Gasteiger partial charge is 0.273 e. The van der Waals surface area contributed by atoms with Crippen molar-refractivity contribution in [1.82, 2.24) is 4.90 Å². The third-order valence-corrected chi connectivity index (χ3v) is 4.16.